The summed E-state index contributed by atoms with van der Waals surface area (Å²) in [4.78, 5) is 22.4. The summed E-state index contributed by atoms with van der Waals surface area (Å²) in [6, 6.07) is 3.48. The standard InChI is InChI=1S/C12H13BrClNO5/c1-6(16)11(12(18)19)15-10(17)5-20-9-3-2-7(13)4-8(9)14/h2-4,6,11,16H,5H2,1H3,(H,15,17)(H,18,19)/t6-,11+/m1/s1. The molecule has 1 aromatic carbocycles. The number of aliphatic hydroxyl groups is 1. The van der Waals surface area contributed by atoms with Gasteiger partial charge < -0.3 is 20.3 Å². The van der Waals surface area contributed by atoms with E-state index in [9.17, 15) is 14.7 Å². The fraction of sp³-hybridized carbons (Fsp3) is 0.333. The van der Waals surface area contributed by atoms with Crippen molar-refractivity contribution in [2.75, 3.05) is 6.61 Å². The molecule has 0 heterocycles. The molecule has 0 aliphatic heterocycles. The molecular formula is C12H13BrClNO5. The van der Waals surface area contributed by atoms with Crippen LogP contribution in [-0.4, -0.2) is 40.8 Å². The Labute approximate surface area is 128 Å². The number of halogens is 2. The predicted molar refractivity (Wildman–Crippen MR) is 75.9 cm³/mol. The summed E-state index contributed by atoms with van der Waals surface area (Å²) >= 11 is 9.13. The van der Waals surface area contributed by atoms with E-state index < -0.39 is 30.6 Å². The van der Waals surface area contributed by atoms with Gasteiger partial charge in [0, 0.05) is 4.47 Å². The maximum atomic E-state index is 11.6. The topological polar surface area (TPSA) is 95.9 Å². The normalized spacial score (nSPS) is 13.4. The Morgan fingerprint density at radius 1 is 1.50 bits per heavy atom. The Morgan fingerprint density at radius 2 is 2.15 bits per heavy atom. The molecule has 8 heteroatoms. The zero-order valence-corrected chi connectivity index (χ0v) is 12.8. The zero-order valence-electron chi connectivity index (χ0n) is 10.5. The van der Waals surface area contributed by atoms with Crippen LogP contribution < -0.4 is 10.1 Å². The summed E-state index contributed by atoms with van der Waals surface area (Å²) in [6.07, 6.45) is -1.22. The zero-order chi connectivity index (χ0) is 15.3. The quantitative estimate of drug-likeness (QED) is 0.708. The van der Waals surface area contributed by atoms with E-state index in [2.05, 4.69) is 21.2 Å². The van der Waals surface area contributed by atoms with Crippen LogP contribution in [0.1, 0.15) is 6.92 Å². The van der Waals surface area contributed by atoms with Gasteiger partial charge in [-0.2, -0.15) is 0 Å². The summed E-state index contributed by atoms with van der Waals surface area (Å²) in [7, 11) is 0. The van der Waals surface area contributed by atoms with E-state index in [1.54, 1.807) is 18.2 Å². The molecule has 110 valence electrons. The van der Waals surface area contributed by atoms with Gasteiger partial charge in [-0.05, 0) is 25.1 Å². The molecule has 6 nitrogen and oxygen atoms in total. The van der Waals surface area contributed by atoms with Crippen molar-refractivity contribution >= 4 is 39.4 Å². The molecule has 0 saturated heterocycles. The second-order valence-electron chi connectivity index (χ2n) is 3.99. The highest BCUT2D eigenvalue weighted by Gasteiger charge is 2.25. The Bertz CT molecular complexity index is 509. The first kappa shape index (κ1) is 16.7. The van der Waals surface area contributed by atoms with Crippen LogP contribution in [0.3, 0.4) is 0 Å². The Kier molecular flexibility index (Phi) is 6.25. The summed E-state index contributed by atoms with van der Waals surface area (Å²) < 4.78 is 5.94. The van der Waals surface area contributed by atoms with Gasteiger partial charge in [0.25, 0.3) is 5.91 Å². The highest BCUT2D eigenvalue weighted by molar-refractivity contribution is 9.10. The minimum absolute atomic E-state index is 0.300. The molecule has 2 atom stereocenters. The van der Waals surface area contributed by atoms with Gasteiger partial charge in [0.2, 0.25) is 0 Å². The molecule has 1 amide bonds. The second kappa shape index (κ2) is 7.47. The van der Waals surface area contributed by atoms with E-state index in [4.69, 9.17) is 21.4 Å². The SMILES string of the molecule is C[C@@H](O)[C@H](NC(=O)COc1ccc(Br)cc1Cl)C(=O)O. The van der Waals surface area contributed by atoms with Crippen molar-refractivity contribution in [1.29, 1.82) is 0 Å². The van der Waals surface area contributed by atoms with E-state index >= 15 is 0 Å². The number of hydrogen-bond acceptors (Lipinski definition) is 4. The predicted octanol–water partition coefficient (Wildman–Crippen LogP) is 1.43. The third-order valence-electron chi connectivity index (χ3n) is 2.32. The molecule has 0 unspecified atom stereocenters. The second-order valence-corrected chi connectivity index (χ2v) is 5.31. The number of rotatable bonds is 6. The highest BCUT2D eigenvalue weighted by Crippen LogP contribution is 2.27. The molecule has 1 rings (SSSR count). The molecule has 20 heavy (non-hydrogen) atoms. The van der Waals surface area contributed by atoms with Crippen molar-refractivity contribution in [3.8, 4) is 5.75 Å². The molecule has 0 fully saturated rings. The number of benzene rings is 1. The first-order valence-corrected chi connectivity index (χ1v) is 6.76. The molecule has 3 N–H and O–H groups in total. The monoisotopic (exact) mass is 365 g/mol. The minimum Gasteiger partial charge on any atom is -0.482 e. The van der Waals surface area contributed by atoms with Gasteiger partial charge in [0.05, 0.1) is 11.1 Å². The molecule has 0 aliphatic carbocycles. The maximum Gasteiger partial charge on any atom is 0.328 e. The van der Waals surface area contributed by atoms with Gasteiger partial charge in [-0.15, -0.1) is 0 Å². The lowest BCUT2D eigenvalue weighted by atomic mass is 10.2. The van der Waals surface area contributed by atoms with Crippen molar-refractivity contribution < 1.29 is 24.5 Å². The lowest BCUT2D eigenvalue weighted by molar-refractivity contribution is -0.145. The van der Waals surface area contributed by atoms with E-state index in [1.807, 2.05) is 0 Å². The van der Waals surface area contributed by atoms with Crippen molar-refractivity contribution in [2.24, 2.45) is 0 Å². The Morgan fingerprint density at radius 3 is 2.65 bits per heavy atom. The number of carbonyl (C=O) groups excluding carboxylic acids is 1. The Balaban J connectivity index is 2.57. The van der Waals surface area contributed by atoms with Crippen molar-refractivity contribution in [3.05, 3.63) is 27.7 Å². The van der Waals surface area contributed by atoms with E-state index in [0.29, 0.717) is 10.8 Å². The number of carboxylic acids is 1. The first-order chi connectivity index (χ1) is 9.31. The van der Waals surface area contributed by atoms with Crippen molar-refractivity contribution in [1.82, 2.24) is 5.32 Å². The van der Waals surface area contributed by atoms with Gasteiger partial charge in [0.15, 0.2) is 12.6 Å². The number of aliphatic hydroxyl groups excluding tert-OH is 1. The highest BCUT2D eigenvalue weighted by atomic mass is 79.9. The molecule has 1 aromatic rings. The molecule has 0 radical (unpaired) electrons. The van der Waals surface area contributed by atoms with Crippen LogP contribution in [-0.2, 0) is 9.59 Å². The number of aliphatic carboxylic acids is 1. The third-order valence-corrected chi connectivity index (χ3v) is 3.11. The molecule has 0 spiro atoms. The molecule has 0 saturated carbocycles. The van der Waals surface area contributed by atoms with Crippen molar-refractivity contribution in [3.63, 3.8) is 0 Å². The maximum absolute atomic E-state index is 11.6. The fourth-order valence-electron chi connectivity index (χ4n) is 1.34. The summed E-state index contributed by atoms with van der Waals surface area (Å²) in [5.74, 6) is -1.69. The molecule has 0 bridgehead atoms. The number of ether oxygens (including phenoxy) is 1. The number of hydrogen-bond donors (Lipinski definition) is 3. The largest absolute Gasteiger partial charge is 0.482 e. The average molecular weight is 367 g/mol. The van der Waals surface area contributed by atoms with Crippen LogP contribution in [0.2, 0.25) is 5.02 Å². The number of carbonyl (C=O) groups is 2. The summed E-state index contributed by atoms with van der Waals surface area (Å²) in [5, 5.41) is 20.5. The van der Waals surface area contributed by atoms with E-state index in [1.165, 1.54) is 6.92 Å². The third kappa shape index (κ3) is 4.99. The number of amides is 1. The van der Waals surface area contributed by atoms with Crippen molar-refractivity contribution in [2.45, 2.75) is 19.1 Å². The number of nitrogens with one attached hydrogen (secondary N) is 1. The van der Waals surface area contributed by atoms with Crippen LogP contribution in [0.5, 0.6) is 5.75 Å². The van der Waals surface area contributed by atoms with Crippen LogP contribution in [0, 0.1) is 0 Å². The van der Waals surface area contributed by atoms with Gasteiger partial charge in [-0.25, -0.2) is 4.79 Å². The first-order valence-electron chi connectivity index (χ1n) is 5.59. The van der Waals surface area contributed by atoms with E-state index in [0.717, 1.165) is 4.47 Å². The van der Waals surface area contributed by atoms with Crippen LogP contribution in [0.15, 0.2) is 22.7 Å². The van der Waals surface area contributed by atoms with Gasteiger partial charge in [-0.1, -0.05) is 27.5 Å². The lowest BCUT2D eigenvalue weighted by Gasteiger charge is -2.17. The van der Waals surface area contributed by atoms with Crippen LogP contribution in [0.4, 0.5) is 0 Å². The fourth-order valence-corrected chi connectivity index (χ4v) is 2.07. The average Bonchev–Trinajstić information content (AvgIpc) is 2.34. The lowest BCUT2D eigenvalue weighted by Crippen LogP contribution is -2.49. The van der Waals surface area contributed by atoms with E-state index in [-0.39, 0.29) is 0 Å². The van der Waals surface area contributed by atoms with Gasteiger partial charge >= 0.3 is 5.97 Å². The Hall–Kier alpha value is -1.31. The number of carboxylic acid groups (broad SMARTS) is 1. The summed E-state index contributed by atoms with van der Waals surface area (Å²) in [5.41, 5.74) is 0. The molecule has 0 aliphatic rings. The van der Waals surface area contributed by atoms with Crippen LogP contribution in [0.25, 0.3) is 0 Å². The smallest absolute Gasteiger partial charge is 0.328 e. The van der Waals surface area contributed by atoms with Gasteiger partial charge in [-0.3, -0.25) is 4.79 Å². The molecule has 0 aromatic heterocycles. The van der Waals surface area contributed by atoms with Crippen LogP contribution >= 0.6 is 27.5 Å². The summed E-state index contributed by atoms with van der Waals surface area (Å²) in [6.45, 7) is 0.864. The van der Waals surface area contributed by atoms with Gasteiger partial charge in [0.1, 0.15) is 5.75 Å². The molecular weight excluding hydrogens is 353 g/mol. The minimum atomic E-state index is -1.38.